The summed E-state index contributed by atoms with van der Waals surface area (Å²) in [7, 11) is 0. The van der Waals surface area contributed by atoms with Gasteiger partial charge in [-0.15, -0.1) is 0 Å². The smallest absolute Gasteiger partial charge is 0.243 e. The molecule has 0 bridgehead atoms. The van der Waals surface area contributed by atoms with E-state index in [0.29, 0.717) is 11.7 Å². The number of nitrogens with zero attached hydrogens (tertiary/aromatic N) is 5. The van der Waals surface area contributed by atoms with Gasteiger partial charge in [-0.3, -0.25) is 14.7 Å². The van der Waals surface area contributed by atoms with E-state index < -0.39 is 0 Å². The Kier molecular flexibility index (Phi) is 6.18. The number of β-amino-alcohol motifs (C(OH)–C–C–N with tert-alkyl or cyclic N) is 1. The number of rotatable bonds is 6. The minimum atomic E-state index is -0.300. The number of aliphatic hydroxyl groups excluding tert-OH is 1. The van der Waals surface area contributed by atoms with Gasteiger partial charge in [-0.2, -0.15) is 4.98 Å². The summed E-state index contributed by atoms with van der Waals surface area (Å²) >= 11 is 0. The van der Waals surface area contributed by atoms with E-state index in [9.17, 15) is 5.11 Å². The van der Waals surface area contributed by atoms with Crippen LogP contribution in [0.3, 0.4) is 0 Å². The van der Waals surface area contributed by atoms with Gasteiger partial charge in [0.1, 0.15) is 0 Å². The van der Waals surface area contributed by atoms with Crippen LogP contribution < -0.4 is 0 Å². The van der Waals surface area contributed by atoms with Crippen molar-refractivity contribution in [3.8, 4) is 0 Å². The fourth-order valence-corrected chi connectivity index (χ4v) is 3.41. The largest absolute Gasteiger partial charge is 0.390 e. The monoisotopic (exact) mass is 339 g/mol. The molecule has 1 aromatic rings. The second kappa shape index (κ2) is 8.35. The average molecular weight is 339 g/mol. The summed E-state index contributed by atoms with van der Waals surface area (Å²) in [5.41, 5.74) is 0. The molecule has 0 aliphatic carbocycles. The zero-order valence-corrected chi connectivity index (χ0v) is 14.7. The first-order valence-electron chi connectivity index (χ1n) is 8.86. The van der Waals surface area contributed by atoms with Crippen LogP contribution in [0, 0.1) is 6.92 Å². The van der Waals surface area contributed by atoms with Crippen molar-refractivity contribution >= 4 is 0 Å². The van der Waals surface area contributed by atoms with Crippen molar-refractivity contribution in [1.82, 2.24) is 24.8 Å². The lowest BCUT2D eigenvalue weighted by Crippen LogP contribution is -2.51. The number of hydrogen-bond acceptors (Lipinski definition) is 8. The Morgan fingerprint density at radius 2 is 1.67 bits per heavy atom. The second-order valence-corrected chi connectivity index (χ2v) is 6.76. The Bertz CT molecular complexity index is 498. The van der Waals surface area contributed by atoms with E-state index in [1.54, 1.807) is 0 Å². The molecule has 2 aliphatic rings. The summed E-state index contributed by atoms with van der Waals surface area (Å²) in [4.78, 5) is 11.3. The molecule has 2 atom stereocenters. The van der Waals surface area contributed by atoms with E-state index in [1.165, 1.54) is 0 Å². The molecule has 2 saturated heterocycles. The number of ether oxygens (including phenoxy) is 1. The molecule has 2 aliphatic heterocycles. The third-order valence-corrected chi connectivity index (χ3v) is 4.90. The Morgan fingerprint density at radius 1 is 1.04 bits per heavy atom. The second-order valence-electron chi connectivity index (χ2n) is 6.76. The van der Waals surface area contributed by atoms with Crippen molar-refractivity contribution in [1.29, 1.82) is 0 Å². The van der Waals surface area contributed by atoms with Gasteiger partial charge in [0.15, 0.2) is 5.82 Å². The maximum atomic E-state index is 10.3. The zero-order chi connectivity index (χ0) is 16.9. The molecule has 136 valence electrons. The molecule has 0 amide bonds. The maximum Gasteiger partial charge on any atom is 0.243 e. The molecule has 0 saturated carbocycles. The first-order chi connectivity index (χ1) is 11.6. The van der Waals surface area contributed by atoms with Crippen LogP contribution in [0.4, 0.5) is 0 Å². The van der Waals surface area contributed by atoms with Crippen LogP contribution >= 0.6 is 0 Å². The zero-order valence-electron chi connectivity index (χ0n) is 14.7. The summed E-state index contributed by atoms with van der Waals surface area (Å²) in [5.74, 6) is 1.37. The molecule has 0 unspecified atom stereocenters. The molecule has 1 aromatic heterocycles. The molecular formula is C16H29N5O3. The molecular weight excluding hydrogens is 310 g/mol. The van der Waals surface area contributed by atoms with Crippen LogP contribution in [-0.4, -0.2) is 102 Å². The van der Waals surface area contributed by atoms with E-state index in [2.05, 4.69) is 31.8 Å². The molecule has 0 radical (unpaired) electrons. The Hall–Kier alpha value is -1.06. The molecule has 0 spiro atoms. The SMILES string of the molecule is Cc1noc([C@@H](C)N2CCN(C[C@H](O)CN3CCOCC3)CC2)n1. The van der Waals surface area contributed by atoms with Crippen molar-refractivity contribution in [2.45, 2.75) is 26.0 Å². The summed E-state index contributed by atoms with van der Waals surface area (Å²) in [5, 5.41) is 14.2. The molecule has 3 heterocycles. The third kappa shape index (κ3) is 4.73. The fraction of sp³-hybridized carbons (Fsp3) is 0.875. The number of piperazine rings is 1. The van der Waals surface area contributed by atoms with Gasteiger partial charge >= 0.3 is 0 Å². The highest BCUT2D eigenvalue weighted by molar-refractivity contribution is 4.92. The number of morpholine rings is 1. The highest BCUT2D eigenvalue weighted by Gasteiger charge is 2.26. The van der Waals surface area contributed by atoms with Crippen molar-refractivity contribution in [2.75, 3.05) is 65.6 Å². The predicted molar refractivity (Wildman–Crippen MR) is 88.7 cm³/mol. The van der Waals surface area contributed by atoms with Gasteiger partial charge in [0.2, 0.25) is 5.89 Å². The molecule has 24 heavy (non-hydrogen) atoms. The molecule has 1 N–H and O–H groups in total. The summed E-state index contributed by atoms with van der Waals surface area (Å²) in [6, 6.07) is 0.145. The molecule has 3 rings (SSSR count). The Morgan fingerprint density at radius 3 is 2.25 bits per heavy atom. The van der Waals surface area contributed by atoms with E-state index in [4.69, 9.17) is 9.26 Å². The van der Waals surface area contributed by atoms with Crippen molar-refractivity contribution in [2.24, 2.45) is 0 Å². The van der Waals surface area contributed by atoms with Gasteiger partial charge in [0, 0.05) is 52.4 Å². The quantitative estimate of drug-likeness (QED) is 0.760. The van der Waals surface area contributed by atoms with Gasteiger partial charge in [-0.25, -0.2) is 0 Å². The molecule has 2 fully saturated rings. The number of aromatic nitrogens is 2. The lowest BCUT2D eigenvalue weighted by molar-refractivity contribution is 0.0000253. The van der Waals surface area contributed by atoms with Crippen molar-refractivity contribution in [3.05, 3.63) is 11.7 Å². The lowest BCUT2D eigenvalue weighted by atomic mass is 10.2. The molecule has 8 nitrogen and oxygen atoms in total. The first-order valence-corrected chi connectivity index (χ1v) is 8.86. The first kappa shape index (κ1) is 17.8. The topological polar surface area (TPSA) is 78.1 Å². The van der Waals surface area contributed by atoms with E-state index in [1.807, 2.05) is 6.92 Å². The standard InChI is InChI=1S/C16H29N5O3/c1-13(16-17-14(2)18-24-16)21-5-3-19(4-6-21)11-15(22)12-20-7-9-23-10-8-20/h13,15,22H,3-12H2,1-2H3/t13-,15+/m1/s1. The van der Waals surface area contributed by atoms with Gasteiger partial charge in [0.25, 0.3) is 0 Å². The number of aliphatic hydroxyl groups is 1. The van der Waals surface area contributed by atoms with Gasteiger partial charge in [-0.1, -0.05) is 5.16 Å². The summed E-state index contributed by atoms with van der Waals surface area (Å²) in [6.07, 6.45) is -0.300. The van der Waals surface area contributed by atoms with Crippen LogP contribution in [0.2, 0.25) is 0 Å². The normalized spacial score (nSPS) is 24.1. The third-order valence-electron chi connectivity index (χ3n) is 4.90. The van der Waals surface area contributed by atoms with Crippen molar-refractivity contribution < 1.29 is 14.4 Å². The van der Waals surface area contributed by atoms with Crippen LogP contribution in [0.25, 0.3) is 0 Å². The maximum absolute atomic E-state index is 10.3. The predicted octanol–water partition coefficient (Wildman–Crippen LogP) is -0.250. The lowest BCUT2D eigenvalue weighted by Gasteiger charge is -2.38. The Labute approximate surface area is 143 Å². The van der Waals surface area contributed by atoms with Crippen LogP contribution in [0.1, 0.15) is 24.7 Å². The Balaban J connectivity index is 1.39. The van der Waals surface area contributed by atoms with Gasteiger partial charge < -0.3 is 14.4 Å². The van der Waals surface area contributed by atoms with E-state index in [0.717, 1.165) is 65.6 Å². The van der Waals surface area contributed by atoms with Gasteiger partial charge in [0.05, 0.1) is 25.4 Å². The molecule has 0 aromatic carbocycles. The van der Waals surface area contributed by atoms with E-state index >= 15 is 0 Å². The highest BCUT2D eigenvalue weighted by atomic mass is 16.5. The van der Waals surface area contributed by atoms with Crippen molar-refractivity contribution in [3.63, 3.8) is 0 Å². The number of aryl methyl sites for hydroxylation is 1. The average Bonchev–Trinajstić information content (AvgIpc) is 3.02. The van der Waals surface area contributed by atoms with Crippen LogP contribution in [0.15, 0.2) is 4.52 Å². The number of hydrogen-bond donors (Lipinski definition) is 1. The fourth-order valence-electron chi connectivity index (χ4n) is 3.41. The highest BCUT2D eigenvalue weighted by Crippen LogP contribution is 2.20. The minimum absolute atomic E-state index is 0.145. The van der Waals surface area contributed by atoms with E-state index in [-0.39, 0.29) is 12.1 Å². The summed E-state index contributed by atoms with van der Waals surface area (Å²) < 4.78 is 10.6. The molecule has 8 heteroatoms. The summed E-state index contributed by atoms with van der Waals surface area (Å²) in [6.45, 7) is 12.6. The van der Waals surface area contributed by atoms with Crippen LogP contribution in [0.5, 0.6) is 0 Å². The van der Waals surface area contributed by atoms with Gasteiger partial charge in [-0.05, 0) is 13.8 Å². The minimum Gasteiger partial charge on any atom is -0.390 e. The van der Waals surface area contributed by atoms with Crippen LogP contribution in [-0.2, 0) is 4.74 Å².